The van der Waals surface area contributed by atoms with E-state index in [2.05, 4.69) is 5.32 Å². The fourth-order valence-electron chi connectivity index (χ4n) is 2.48. The maximum atomic E-state index is 12.3. The van der Waals surface area contributed by atoms with E-state index in [1.807, 2.05) is 25.1 Å². The number of rotatable bonds is 7. The normalized spacial score (nSPS) is 14.1. The number of esters is 1. The van der Waals surface area contributed by atoms with Crippen LogP contribution < -0.4 is 19.5 Å². The molecular formula is C20H21NO6. The number of amides is 1. The summed E-state index contributed by atoms with van der Waals surface area (Å²) in [6, 6.07) is 14.0. The molecule has 3 rings (SSSR count). The molecule has 0 fully saturated rings. The predicted octanol–water partition coefficient (Wildman–Crippen LogP) is 3.14. The Morgan fingerprint density at radius 3 is 2.59 bits per heavy atom. The van der Waals surface area contributed by atoms with Gasteiger partial charge in [-0.2, -0.15) is 0 Å². The summed E-state index contributed by atoms with van der Waals surface area (Å²) in [7, 11) is 0. The van der Waals surface area contributed by atoms with E-state index in [-0.39, 0.29) is 6.79 Å². The molecule has 142 valence electrons. The minimum absolute atomic E-state index is 0.153. The number of anilines is 1. The highest BCUT2D eigenvalue weighted by Gasteiger charge is 2.25. The molecule has 2 atom stereocenters. The molecule has 7 heteroatoms. The van der Waals surface area contributed by atoms with Crippen molar-refractivity contribution in [2.45, 2.75) is 32.5 Å². The van der Waals surface area contributed by atoms with E-state index in [1.165, 1.54) is 6.92 Å². The summed E-state index contributed by atoms with van der Waals surface area (Å²) in [5, 5.41) is 2.69. The van der Waals surface area contributed by atoms with Crippen molar-refractivity contribution < 1.29 is 28.5 Å². The minimum atomic E-state index is -0.976. The molecule has 0 saturated heterocycles. The molecule has 27 heavy (non-hydrogen) atoms. The molecule has 1 N–H and O–H groups in total. The van der Waals surface area contributed by atoms with E-state index in [1.54, 1.807) is 30.3 Å². The van der Waals surface area contributed by atoms with Gasteiger partial charge in [-0.15, -0.1) is 0 Å². The molecule has 2 aromatic rings. The summed E-state index contributed by atoms with van der Waals surface area (Å²) in [6.45, 7) is 3.47. The largest absolute Gasteiger partial charge is 0.479 e. The molecule has 0 saturated carbocycles. The van der Waals surface area contributed by atoms with E-state index in [0.717, 1.165) is 0 Å². The Labute approximate surface area is 157 Å². The fraction of sp³-hybridized carbons (Fsp3) is 0.300. The smallest absolute Gasteiger partial charge is 0.348 e. The lowest BCUT2D eigenvalue weighted by atomic mass is 10.2. The highest BCUT2D eigenvalue weighted by Crippen LogP contribution is 2.34. The third kappa shape index (κ3) is 4.69. The molecule has 0 spiro atoms. The Hall–Kier alpha value is -3.22. The minimum Gasteiger partial charge on any atom is -0.479 e. The van der Waals surface area contributed by atoms with E-state index < -0.39 is 24.1 Å². The quantitative estimate of drug-likeness (QED) is 0.753. The van der Waals surface area contributed by atoms with Gasteiger partial charge in [0.2, 0.25) is 6.79 Å². The number of carbonyl (C=O) groups excluding carboxylic acids is 2. The predicted molar refractivity (Wildman–Crippen MR) is 97.9 cm³/mol. The van der Waals surface area contributed by atoms with Gasteiger partial charge in [-0.3, -0.25) is 4.79 Å². The molecule has 1 heterocycles. The van der Waals surface area contributed by atoms with Crippen molar-refractivity contribution in [3.05, 3.63) is 48.5 Å². The second-order valence-electron chi connectivity index (χ2n) is 5.96. The van der Waals surface area contributed by atoms with Crippen molar-refractivity contribution in [3.8, 4) is 17.2 Å². The Morgan fingerprint density at radius 2 is 1.85 bits per heavy atom. The van der Waals surface area contributed by atoms with Gasteiger partial charge in [-0.05, 0) is 37.6 Å². The van der Waals surface area contributed by atoms with Crippen LogP contribution in [0, 0.1) is 0 Å². The lowest BCUT2D eigenvalue weighted by molar-refractivity contribution is -0.160. The second kappa shape index (κ2) is 8.44. The topological polar surface area (TPSA) is 83.1 Å². The van der Waals surface area contributed by atoms with E-state index in [9.17, 15) is 9.59 Å². The lowest BCUT2D eigenvalue weighted by Crippen LogP contribution is -2.36. The zero-order valence-electron chi connectivity index (χ0n) is 15.1. The van der Waals surface area contributed by atoms with Gasteiger partial charge >= 0.3 is 5.97 Å². The van der Waals surface area contributed by atoms with Gasteiger partial charge in [0.05, 0.1) is 0 Å². The van der Waals surface area contributed by atoms with Crippen LogP contribution in [0.4, 0.5) is 5.69 Å². The van der Waals surface area contributed by atoms with Crippen LogP contribution in [-0.4, -0.2) is 30.9 Å². The van der Waals surface area contributed by atoms with Crippen molar-refractivity contribution >= 4 is 17.6 Å². The van der Waals surface area contributed by atoms with Crippen LogP contribution in [0.1, 0.15) is 20.3 Å². The number of benzene rings is 2. The average Bonchev–Trinajstić information content (AvgIpc) is 3.14. The third-order valence-corrected chi connectivity index (χ3v) is 3.96. The van der Waals surface area contributed by atoms with E-state index >= 15 is 0 Å². The van der Waals surface area contributed by atoms with Crippen LogP contribution >= 0.6 is 0 Å². The number of hydrogen-bond donors (Lipinski definition) is 1. The van der Waals surface area contributed by atoms with Crippen molar-refractivity contribution in [1.29, 1.82) is 0 Å². The molecule has 0 aromatic heterocycles. The molecule has 0 radical (unpaired) electrons. The van der Waals surface area contributed by atoms with Gasteiger partial charge in [0.1, 0.15) is 5.75 Å². The highest BCUT2D eigenvalue weighted by molar-refractivity contribution is 5.95. The number of fused-ring (bicyclic) bond motifs is 1. The molecule has 0 aliphatic carbocycles. The molecule has 2 aromatic carbocycles. The number of nitrogens with one attached hydrogen (secondary N) is 1. The van der Waals surface area contributed by atoms with Crippen LogP contribution in [-0.2, 0) is 14.3 Å². The Bertz CT molecular complexity index is 807. The molecule has 1 aliphatic heterocycles. The number of carbonyl (C=O) groups is 2. The van der Waals surface area contributed by atoms with Gasteiger partial charge in [0.25, 0.3) is 5.91 Å². The number of para-hydroxylation sites is 1. The second-order valence-corrected chi connectivity index (χ2v) is 5.96. The fourth-order valence-corrected chi connectivity index (χ4v) is 2.48. The van der Waals surface area contributed by atoms with Crippen molar-refractivity contribution in [2.75, 3.05) is 12.1 Å². The average molecular weight is 371 g/mol. The number of hydrogen-bond acceptors (Lipinski definition) is 6. The maximum Gasteiger partial charge on any atom is 0.348 e. The summed E-state index contributed by atoms with van der Waals surface area (Å²) < 4.78 is 21.4. The summed E-state index contributed by atoms with van der Waals surface area (Å²) in [4.78, 5) is 24.7. The van der Waals surface area contributed by atoms with Gasteiger partial charge in [0.15, 0.2) is 23.7 Å². The number of ether oxygens (including phenoxy) is 4. The molecule has 1 amide bonds. The Balaban J connectivity index is 1.55. The van der Waals surface area contributed by atoms with Crippen LogP contribution in [0.2, 0.25) is 0 Å². The van der Waals surface area contributed by atoms with Crippen molar-refractivity contribution in [2.24, 2.45) is 0 Å². The van der Waals surface area contributed by atoms with Crippen LogP contribution in [0.3, 0.4) is 0 Å². The SMILES string of the molecule is CC[C@H](Oc1ccccc1)C(=O)O[C@@H](C)C(=O)Nc1ccc2c(c1)OCO2. The molecule has 0 bridgehead atoms. The molecule has 1 aliphatic rings. The van der Waals surface area contributed by atoms with Crippen molar-refractivity contribution in [1.82, 2.24) is 0 Å². The summed E-state index contributed by atoms with van der Waals surface area (Å²) in [5.41, 5.74) is 0.528. The first kappa shape index (κ1) is 18.6. The summed E-state index contributed by atoms with van der Waals surface area (Å²) in [5.74, 6) is 0.710. The van der Waals surface area contributed by atoms with E-state index in [4.69, 9.17) is 18.9 Å². The molecular weight excluding hydrogens is 350 g/mol. The highest BCUT2D eigenvalue weighted by atomic mass is 16.7. The van der Waals surface area contributed by atoms with Crippen molar-refractivity contribution in [3.63, 3.8) is 0 Å². The van der Waals surface area contributed by atoms with Crippen LogP contribution in [0.15, 0.2) is 48.5 Å². The summed E-state index contributed by atoms with van der Waals surface area (Å²) in [6.07, 6.45) is -1.34. The summed E-state index contributed by atoms with van der Waals surface area (Å²) >= 11 is 0. The van der Waals surface area contributed by atoms with Crippen LogP contribution in [0.5, 0.6) is 17.2 Å². The Kier molecular flexibility index (Phi) is 5.80. The molecule has 7 nitrogen and oxygen atoms in total. The first-order chi connectivity index (χ1) is 13.1. The zero-order valence-corrected chi connectivity index (χ0v) is 15.1. The zero-order chi connectivity index (χ0) is 19.2. The van der Waals surface area contributed by atoms with Gasteiger partial charge in [-0.1, -0.05) is 25.1 Å². The first-order valence-electron chi connectivity index (χ1n) is 8.69. The third-order valence-electron chi connectivity index (χ3n) is 3.96. The van der Waals surface area contributed by atoms with Gasteiger partial charge < -0.3 is 24.3 Å². The Morgan fingerprint density at radius 1 is 1.11 bits per heavy atom. The van der Waals surface area contributed by atoms with Gasteiger partial charge in [0, 0.05) is 11.8 Å². The monoisotopic (exact) mass is 371 g/mol. The molecule has 0 unspecified atom stereocenters. The standard InChI is InChI=1S/C20H21NO6/c1-3-16(27-15-7-5-4-6-8-15)20(23)26-13(2)19(22)21-14-9-10-17-18(11-14)25-12-24-17/h4-11,13,16H,3,12H2,1-2H3,(H,21,22)/t13-,16-/m0/s1. The lowest BCUT2D eigenvalue weighted by Gasteiger charge is -2.19. The van der Waals surface area contributed by atoms with Gasteiger partial charge in [-0.25, -0.2) is 4.79 Å². The van der Waals surface area contributed by atoms with E-state index in [0.29, 0.717) is 29.4 Å². The van der Waals surface area contributed by atoms with Crippen LogP contribution in [0.25, 0.3) is 0 Å². The maximum absolute atomic E-state index is 12.3. The first-order valence-corrected chi connectivity index (χ1v) is 8.69.